The monoisotopic (exact) mass is 438 g/mol. The zero-order valence-electron chi connectivity index (χ0n) is 15.8. The highest BCUT2D eigenvalue weighted by atomic mass is 35.5. The Hall–Kier alpha value is -3.35. The molecule has 4 aromatic rings. The van der Waals surface area contributed by atoms with E-state index in [0.29, 0.717) is 33.0 Å². The average molecular weight is 439 g/mol. The van der Waals surface area contributed by atoms with Gasteiger partial charge in [0.15, 0.2) is 5.82 Å². The maximum absolute atomic E-state index is 12.8. The number of hydrogen-bond donors (Lipinski definition) is 1. The van der Waals surface area contributed by atoms with Crippen molar-refractivity contribution in [2.24, 2.45) is 0 Å². The molecule has 0 fully saturated rings. The van der Waals surface area contributed by atoms with E-state index in [4.69, 9.17) is 27.9 Å². The number of rotatable bonds is 5. The van der Waals surface area contributed by atoms with Crippen molar-refractivity contribution in [2.45, 2.75) is 0 Å². The minimum absolute atomic E-state index is 0.0164. The number of hydrogen-bond acceptors (Lipinski definition) is 4. The molecule has 8 heteroatoms. The van der Waals surface area contributed by atoms with Crippen molar-refractivity contribution in [3.05, 3.63) is 88.7 Å². The number of aromatic nitrogens is 3. The van der Waals surface area contributed by atoms with Crippen LogP contribution in [0.25, 0.3) is 17.1 Å². The Labute approximate surface area is 183 Å². The third-order valence-electron chi connectivity index (χ3n) is 4.32. The van der Waals surface area contributed by atoms with Crippen LogP contribution in [0, 0.1) is 0 Å². The summed E-state index contributed by atoms with van der Waals surface area (Å²) in [5, 5.41) is 8.03. The second-order valence-corrected chi connectivity index (χ2v) is 7.14. The molecule has 1 heterocycles. The van der Waals surface area contributed by atoms with E-state index in [0.717, 1.165) is 5.56 Å². The number of amides is 1. The van der Waals surface area contributed by atoms with E-state index < -0.39 is 5.91 Å². The molecule has 3 aromatic carbocycles. The number of nitrogens with zero attached hydrogens (tertiary/aromatic N) is 3. The molecule has 0 atom stereocenters. The van der Waals surface area contributed by atoms with Crippen molar-refractivity contribution in [1.82, 2.24) is 14.8 Å². The lowest BCUT2D eigenvalue weighted by molar-refractivity contribution is 0.101. The lowest BCUT2D eigenvalue weighted by Crippen LogP contribution is -2.14. The number of carbonyl (C=O) groups is 1. The molecule has 0 radical (unpaired) electrons. The largest absolute Gasteiger partial charge is 0.497 e. The molecular formula is C22H16Cl2N4O2. The third-order valence-corrected chi connectivity index (χ3v) is 5.06. The summed E-state index contributed by atoms with van der Waals surface area (Å²) in [6.45, 7) is 0. The van der Waals surface area contributed by atoms with Gasteiger partial charge in [0.1, 0.15) is 5.75 Å². The molecule has 0 aliphatic carbocycles. The summed E-state index contributed by atoms with van der Waals surface area (Å²) < 4.78 is 6.76. The van der Waals surface area contributed by atoms with Crippen LogP contribution in [0.1, 0.15) is 10.6 Å². The van der Waals surface area contributed by atoms with E-state index in [1.807, 2.05) is 30.3 Å². The molecular weight excluding hydrogens is 423 g/mol. The molecule has 1 amide bonds. The Balaban J connectivity index is 1.74. The van der Waals surface area contributed by atoms with Crippen LogP contribution in [0.5, 0.6) is 5.75 Å². The Kier molecular flexibility index (Phi) is 5.70. The number of benzene rings is 3. The minimum atomic E-state index is -0.445. The first-order chi connectivity index (χ1) is 14.5. The zero-order chi connectivity index (χ0) is 21.1. The highest BCUT2D eigenvalue weighted by Gasteiger charge is 2.19. The van der Waals surface area contributed by atoms with Gasteiger partial charge in [0.05, 0.1) is 22.8 Å². The molecule has 0 aliphatic rings. The van der Waals surface area contributed by atoms with Gasteiger partial charge in [0.2, 0.25) is 5.82 Å². The van der Waals surface area contributed by atoms with Crippen LogP contribution in [-0.2, 0) is 0 Å². The van der Waals surface area contributed by atoms with E-state index in [1.165, 1.54) is 0 Å². The fourth-order valence-corrected chi connectivity index (χ4v) is 3.16. The van der Waals surface area contributed by atoms with E-state index >= 15 is 0 Å². The first-order valence-corrected chi connectivity index (χ1v) is 9.74. The quantitative estimate of drug-likeness (QED) is 0.446. The Morgan fingerprint density at radius 3 is 2.50 bits per heavy atom. The molecule has 0 spiro atoms. The topological polar surface area (TPSA) is 69.0 Å². The standard InChI is InChI=1S/C22H16Cl2N4O2/c1-30-17-9-5-8-15(12-17)25-22(29)20-26-21(14-6-3-2-4-7-14)28(27-20)16-10-11-18(23)19(24)13-16/h2-13H,1H3,(H,25,29). The lowest BCUT2D eigenvalue weighted by atomic mass is 10.2. The predicted molar refractivity (Wildman–Crippen MR) is 118 cm³/mol. The third kappa shape index (κ3) is 4.15. The summed E-state index contributed by atoms with van der Waals surface area (Å²) in [7, 11) is 1.56. The van der Waals surface area contributed by atoms with Gasteiger partial charge in [-0.25, -0.2) is 9.67 Å². The number of ether oxygens (including phenoxy) is 1. The van der Waals surface area contributed by atoms with Crippen molar-refractivity contribution in [1.29, 1.82) is 0 Å². The van der Waals surface area contributed by atoms with Crippen LogP contribution in [0.15, 0.2) is 72.8 Å². The van der Waals surface area contributed by atoms with Gasteiger partial charge in [-0.05, 0) is 30.3 Å². The molecule has 4 rings (SSSR count). The maximum atomic E-state index is 12.8. The van der Waals surface area contributed by atoms with Crippen molar-refractivity contribution in [3.8, 4) is 22.8 Å². The molecule has 0 unspecified atom stereocenters. The molecule has 0 aliphatic heterocycles. The molecule has 0 bridgehead atoms. The van der Waals surface area contributed by atoms with Crippen molar-refractivity contribution in [2.75, 3.05) is 12.4 Å². The summed E-state index contributed by atoms with van der Waals surface area (Å²) >= 11 is 12.2. The molecule has 6 nitrogen and oxygen atoms in total. The van der Waals surface area contributed by atoms with Gasteiger partial charge in [0, 0.05) is 17.3 Å². The number of methoxy groups -OCH3 is 1. The number of carbonyl (C=O) groups excluding carboxylic acids is 1. The maximum Gasteiger partial charge on any atom is 0.295 e. The smallest absolute Gasteiger partial charge is 0.295 e. The molecule has 0 saturated heterocycles. The molecule has 0 saturated carbocycles. The van der Waals surface area contributed by atoms with Gasteiger partial charge in [-0.1, -0.05) is 59.6 Å². The second kappa shape index (κ2) is 8.57. The summed E-state index contributed by atoms with van der Waals surface area (Å²) in [5.74, 6) is 0.707. The molecule has 1 N–H and O–H groups in total. The Bertz CT molecular complexity index is 1210. The normalized spacial score (nSPS) is 10.6. The van der Waals surface area contributed by atoms with Crippen molar-refractivity contribution >= 4 is 34.8 Å². The van der Waals surface area contributed by atoms with E-state index in [9.17, 15) is 4.79 Å². The average Bonchev–Trinajstić information content (AvgIpc) is 3.22. The van der Waals surface area contributed by atoms with Crippen LogP contribution < -0.4 is 10.1 Å². The fourth-order valence-electron chi connectivity index (χ4n) is 2.87. The lowest BCUT2D eigenvalue weighted by Gasteiger charge is -2.07. The highest BCUT2D eigenvalue weighted by molar-refractivity contribution is 6.42. The summed E-state index contributed by atoms with van der Waals surface area (Å²) in [4.78, 5) is 17.3. The Morgan fingerprint density at radius 1 is 0.967 bits per heavy atom. The van der Waals surface area contributed by atoms with Gasteiger partial charge in [-0.2, -0.15) is 0 Å². The van der Waals surface area contributed by atoms with E-state index in [1.54, 1.807) is 54.3 Å². The van der Waals surface area contributed by atoms with E-state index in [-0.39, 0.29) is 5.82 Å². The van der Waals surface area contributed by atoms with Gasteiger partial charge in [-0.3, -0.25) is 4.79 Å². The molecule has 30 heavy (non-hydrogen) atoms. The number of halogens is 2. The summed E-state index contributed by atoms with van der Waals surface area (Å²) in [6.07, 6.45) is 0. The van der Waals surface area contributed by atoms with Crippen LogP contribution in [-0.4, -0.2) is 27.8 Å². The number of anilines is 1. The first kappa shape index (κ1) is 19.9. The van der Waals surface area contributed by atoms with Crippen LogP contribution in [0.2, 0.25) is 10.0 Å². The Morgan fingerprint density at radius 2 is 1.77 bits per heavy atom. The molecule has 150 valence electrons. The van der Waals surface area contributed by atoms with Crippen LogP contribution in [0.3, 0.4) is 0 Å². The second-order valence-electron chi connectivity index (χ2n) is 6.32. The summed E-state index contributed by atoms with van der Waals surface area (Å²) in [5.41, 5.74) is 2.01. The SMILES string of the molecule is COc1cccc(NC(=O)c2nc(-c3ccccc3)n(-c3ccc(Cl)c(Cl)c3)n2)c1. The minimum Gasteiger partial charge on any atom is -0.497 e. The first-order valence-electron chi connectivity index (χ1n) is 8.98. The fraction of sp³-hybridized carbons (Fsp3) is 0.0455. The van der Waals surface area contributed by atoms with Gasteiger partial charge >= 0.3 is 0 Å². The van der Waals surface area contributed by atoms with Gasteiger partial charge < -0.3 is 10.1 Å². The van der Waals surface area contributed by atoms with Crippen LogP contribution in [0.4, 0.5) is 5.69 Å². The number of nitrogens with one attached hydrogen (secondary N) is 1. The van der Waals surface area contributed by atoms with Crippen LogP contribution >= 0.6 is 23.2 Å². The predicted octanol–water partition coefficient (Wildman–Crippen LogP) is 5.50. The molecule has 1 aromatic heterocycles. The summed E-state index contributed by atoms with van der Waals surface area (Å²) in [6, 6.07) is 21.6. The highest BCUT2D eigenvalue weighted by Crippen LogP contribution is 2.27. The van der Waals surface area contributed by atoms with Crippen molar-refractivity contribution < 1.29 is 9.53 Å². The van der Waals surface area contributed by atoms with E-state index in [2.05, 4.69) is 15.4 Å². The van der Waals surface area contributed by atoms with Crippen molar-refractivity contribution in [3.63, 3.8) is 0 Å². The zero-order valence-corrected chi connectivity index (χ0v) is 17.4. The van der Waals surface area contributed by atoms with Gasteiger partial charge in [-0.15, -0.1) is 5.10 Å². The van der Waals surface area contributed by atoms with Gasteiger partial charge in [0.25, 0.3) is 5.91 Å².